The molecule has 0 aliphatic rings. The van der Waals surface area contributed by atoms with Crippen molar-refractivity contribution >= 4 is 22.7 Å². The number of halogens is 1. The highest BCUT2D eigenvalue weighted by Crippen LogP contribution is 2.30. The van der Waals surface area contributed by atoms with Gasteiger partial charge in [-0.2, -0.15) is 5.26 Å². The minimum Gasteiger partial charge on any atom is -0.493 e. The van der Waals surface area contributed by atoms with Crippen molar-refractivity contribution in [2.45, 2.75) is 6.61 Å². The number of ether oxygens (including phenoxy) is 2. The molecule has 0 unspecified atom stereocenters. The summed E-state index contributed by atoms with van der Waals surface area (Å²) in [5.74, 6) is 1.13. The lowest BCUT2D eigenvalue weighted by Gasteiger charge is -2.12. The first-order chi connectivity index (χ1) is 14.7. The molecule has 4 rings (SSSR count). The van der Waals surface area contributed by atoms with Crippen LogP contribution in [-0.4, -0.2) is 17.1 Å². The quantitative estimate of drug-likeness (QED) is 0.444. The largest absolute Gasteiger partial charge is 0.493 e. The van der Waals surface area contributed by atoms with E-state index in [1.807, 2.05) is 30.3 Å². The standard InChI is InChI=1S/C24H18FN3O2/c1-29-22-11-10-16(13-23(22)30-15-17-6-2-3-7-19(17)25)12-18(14-26)24-27-20-8-4-5-9-21(20)28-24/h2-13H,15H2,1H3,(H,27,28)/b18-12+. The molecule has 6 heteroatoms. The highest BCUT2D eigenvalue weighted by Gasteiger charge is 2.11. The summed E-state index contributed by atoms with van der Waals surface area (Å²) in [6, 6.07) is 21.5. The summed E-state index contributed by atoms with van der Waals surface area (Å²) in [6.45, 7) is 0.0604. The van der Waals surface area contributed by atoms with Crippen molar-refractivity contribution in [2.24, 2.45) is 0 Å². The second-order valence-corrected chi connectivity index (χ2v) is 6.56. The molecule has 0 atom stereocenters. The zero-order valence-electron chi connectivity index (χ0n) is 16.2. The van der Waals surface area contributed by atoms with Gasteiger partial charge in [0.1, 0.15) is 24.3 Å². The van der Waals surface area contributed by atoms with Gasteiger partial charge in [0, 0.05) is 5.56 Å². The summed E-state index contributed by atoms with van der Waals surface area (Å²) in [5.41, 5.74) is 3.21. The van der Waals surface area contributed by atoms with Gasteiger partial charge in [-0.25, -0.2) is 9.37 Å². The van der Waals surface area contributed by atoms with E-state index in [1.165, 1.54) is 13.2 Å². The van der Waals surface area contributed by atoms with Crippen molar-refractivity contribution in [3.05, 3.63) is 89.5 Å². The molecule has 30 heavy (non-hydrogen) atoms. The summed E-state index contributed by atoms with van der Waals surface area (Å²) < 4.78 is 25.0. The number of aromatic amines is 1. The first-order valence-electron chi connectivity index (χ1n) is 9.29. The summed E-state index contributed by atoms with van der Waals surface area (Å²) >= 11 is 0. The lowest BCUT2D eigenvalue weighted by molar-refractivity contribution is 0.279. The third kappa shape index (κ3) is 4.01. The predicted molar refractivity (Wildman–Crippen MR) is 113 cm³/mol. The van der Waals surface area contributed by atoms with E-state index in [9.17, 15) is 9.65 Å². The molecule has 3 aromatic carbocycles. The number of rotatable bonds is 6. The lowest BCUT2D eigenvalue weighted by atomic mass is 10.1. The van der Waals surface area contributed by atoms with Crippen LogP contribution in [0.3, 0.4) is 0 Å². The molecule has 5 nitrogen and oxygen atoms in total. The normalized spacial score (nSPS) is 11.3. The molecule has 0 aliphatic heterocycles. The molecule has 1 heterocycles. The number of hydrogen-bond acceptors (Lipinski definition) is 4. The van der Waals surface area contributed by atoms with E-state index >= 15 is 0 Å². The molecule has 0 spiro atoms. The maximum atomic E-state index is 13.9. The van der Waals surface area contributed by atoms with Gasteiger partial charge in [-0.05, 0) is 42.0 Å². The predicted octanol–water partition coefficient (Wildman–Crippen LogP) is 5.35. The van der Waals surface area contributed by atoms with Crippen LogP contribution in [0.2, 0.25) is 0 Å². The number of methoxy groups -OCH3 is 1. The molecule has 0 radical (unpaired) electrons. The zero-order valence-corrected chi connectivity index (χ0v) is 16.2. The smallest absolute Gasteiger partial charge is 0.162 e. The van der Waals surface area contributed by atoms with Crippen LogP contribution in [0.4, 0.5) is 4.39 Å². The average molecular weight is 399 g/mol. The molecular formula is C24H18FN3O2. The number of nitrogens with one attached hydrogen (secondary N) is 1. The van der Waals surface area contributed by atoms with Crippen LogP contribution < -0.4 is 9.47 Å². The fourth-order valence-corrected chi connectivity index (χ4v) is 3.07. The maximum Gasteiger partial charge on any atom is 0.162 e. The van der Waals surface area contributed by atoms with Crippen molar-refractivity contribution in [1.82, 2.24) is 9.97 Å². The molecule has 0 fully saturated rings. The minimum atomic E-state index is -0.329. The third-order valence-electron chi connectivity index (χ3n) is 4.60. The van der Waals surface area contributed by atoms with Gasteiger partial charge in [0.05, 0.1) is 23.7 Å². The maximum absolute atomic E-state index is 13.9. The van der Waals surface area contributed by atoms with Crippen LogP contribution in [0, 0.1) is 17.1 Å². The first kappa shape index (κ1) is 19.2. The zero-order chi connectivity index (χ0) is 20.9. The van der Waals surface area contributed by atoms with Gasteiger partial charge in [-0.15, -0.1) is 0 Å². The number of benzene rings is 3. The Bertz CT molecular complexity index is 1240. The number of allylic oxidation sites excluding steroid dienone is 1. The molecule has 0 bridgehead atoms. The third-order valence-corrected chi connectivity index (χ3v) is 4.60. The van der Waals surface area contributed by atoms with Gasteiger partial charge in [-0.3, -0.25) is 0 Å². The van der Waals surface area contributed by atoms with Crippen LogP contribution in [-0.2, 0) is 6.61 Å². The highest BCUT2D eigenvalue weighted by molar-refractivity contribution is 5.90. The number of nitriles is 1. The molecule has 0 aliphatic carbocycles. The molecular weight excluding hydrogens is 381 g/mol. The van der Waals surface area contributed by atoms with Crippen molar-refractivity contribution in [1.29, 1.82) is 5.26 Å². The SMILES string of the molecule is COc1ccc(/C=C(\C#N)c2nc3ccccc3[nH]2)cc1OCc1ccccc1F. The van der Waals surface area contributed by atoms with Gasteiger partial charge in [-0.1, -0.05) is 36.4 Å². The molecule has 148 valence electrons. The Kier molecular flexibility index (Phi) is 5.44. The number of nitrogens with zero attached hydrogens (tertiary/aromatic N) is 2. The van der Waals surface area contributed by atoms with Crippen molar-refractivity contribution in [2.75, 3.05) is 7.11 Å². The summed E-state index contributed by atoms with van der Waals surface area (Å²) in [5, 5.41) is 9.64. The van der Waals surface area contributed by atoms with Crippen LogP contribution in [0.1, 0.15) is 17.0 Å². The fraction of sp³-hybridized carbons (Fsp3) is 0.0833. The summed E-state index contributed by atoms with van der Waals surface area (Å²) in [7, 11) is 1.54. The van der Waals surface area contributed by atoms with E-state index in [-0.39, 0.29) is 12.4 Å². The van der Waals surface area contributed by atoms with E-state index < -0.39 is 0 Å². The van der Waals surface area contributed by atoms with Crippen molar-refractivity contribution in [3.8, 4) is 17.6 Å². The summed E-state index contributed by atoms with van der Waals surface area (Å²) in [4.78, 5) is 7.64. The Morgan fingerprint density at radius 2 is 1.90 bits per heavy atom. The van der Waals surface area contributed by atoms with Gasteiger partial charge in [0.2, 0.25) is 0 Å². The number of aromatic nitrogens is 2. The van der Waals surface area contributed by atoms with Gasteiger partial charge >= 0.3 is 0 Å². The molecule has 4 aromatic rings. The topological polar surface area (TPSA) is 70.9 Å². The van der Waals surface area contributed by atoms with Crippen LogP contribution in [0.5, 0.6) is 11.5 Å². The summed E-state index contributed by atoms with van der Waals surface area (Å²) in [6.07, 6.45) is 1.72. The minimum absolute atomic E-state index is 0.0604. The first-order valence-corrected chi connectivity index (χ1v) is 9.29. The van der Waals surface area contributed by atoms with Gasteiger partial charge in [0.15, 0.2) is 11.5 Å². The Morgan fingerprint density at radius 1 is 1.10 bits per heavy atom. The van der Waals surface area contributed by atoms with E-state index in [1.54, 1.807) is 36.4 Å². The number of para-hydroxylation sites is 2. The Balaban J connectivity index is 1.64. The monoisotopic (exact) mass is 399 g/mol. The highest BCUT2D eigenvalue weighted by atomic mass is 19.1. The lowest BCUT2D eigenvalue weighted by Crippen LogP contribution is -2.00. The second-order valence-electron chi connectivity index (χ2n) is 6.56. The molecule has 0 saturated heterocycles. The number of fused-ring (bicyclic) bond motifs is 1. The molecule has 1 aromatic heterocycles. The van der Waals surface area contributed by atoms with Gasteiger partial charge < -0.3 is 14.5 Å². The van der Waals surface area contributed by atoms with E-state index in [0.29, 0.717) is 28.5 Å². The Hall–Kier alpha value is -4.11. The second kappa shape index (κ2) is 8.50. The number of imidazole rings is 1. The Morgan fingerprint density at radius 3 is 2.67 bits per heavy atom. The van der Waals surface area contributed by atoms with Crippen LogP contribution in [0.15, 0.2) is 66.7 Å². The van der Waals surface area contributed by atoms with Gasteiger partial charge in [0.25, 0.3) is 0 Å². The van der Waals surface area contributed by atoms with Crippen molar-refractivity contribution in [3.63, 3.8) is 0 Å². The van der Waals surface area contributed by atoms with E-state index in [0.717, 1.165) is 16.6 Å². The molecule has 0 amide bonds. The fourth-order valence-electron chi connectivity index (χ4n) is 3.07. The average Bonchev–Trinajstić information content (AvgIpc) is 3.21. The molecule has 0 saturated carbocycles. The van der Waals surface area contributed by atoms with Crippen LogP contribution in [0.25, 0.3) is 22.7 Å². The Labute approximate surface area is 173 Å². The van der Waals surface area contributed by atoms with Crippen LogP contribution >= 0.6 is 0 Å². The molecule has 1 N–H and O–H groups in total. The number of H-pyrrole nitrogens is 1. The van der Waals surface area contributed by atoms with Crippen molar-refractivity contribution < 1.29 is 13.9 Å². The number of hydrogen-bond donors (Lipinski definition) is 1. The van der Waals surface area contributed by atoms with E-state index in [2.05, 4.69) is 16.0 Å². The van der Waals surface area contributed by atoms with E-state index in [4.69, 9.17) is 9.47 Å².